The summed E-state index contributed by atoms with van der Waals surface area (Å²) in [5, 5.41) is 2.64. The highest BCUT2D eigenvalue weighted by Gasteiger charge is 2.35. The van der Waals surface area contributed by atoms with Crippen LogP contribution in [0.2, 0.25) is 0 Å². The Morgan fingerprint density at radius 3 is 2.45 bits per heavy atom. The quantitative estimate of drug-likeness (QED) is 0.646. The summed E-state index contributed by atoms with van der Waals surface area (Å²) in [7, 11) is -5.97. The standard InChI is InChI=1S/C21H25N3O7S2/c1-30-18-10-9-15(33(28,29)23-11-5-6-12-23)13-16(18)22-21(25)20-14-24(32(2,26)27)17-7-3-4-8-19(17)31-20/h3-4,7-10,13,20H,5-6,11-12,14H2,1-2H3,(H,22,25). The molecule has 0 spiro atoms. The predicted molar refractivity (Wildman–Crippen MR) is 123 cm³/mol. The highest BCUT2D eigenvalue weighted by atomic mass is 32.2. The molecule has 2 aromatic rings. The first kappa shape index (κ1) is 23.3. The molecule has 0 aromatic heterocycles. The summed E-state index contributed by atoms with van der Waals surface area (Å²) in [5.41, 5.74) is 0.497. The van der Waals surface area contributed by atoms with Crippen LogP contribution in [0.25, 0.3) is 0 Å². The van der Waals surface area contributed by atoms with E-state index in [4.69, 9.17) is 9.47 Å². The first-order valence-electron chi connectivity index (χ1n) is 10.3. The van der Waals surface area contributed by atoms with Crippen molar-refractivity contribution >= 4 is 37.3 Å². The third-order valence-corrected chi connectivity index (χ3v) is 8.60. The lowest BCUT2D eigenvalue weighted by molar-refractivity contribution is -0.122. The Labute approximate surface area is 193 Å². The zero-order valence-electron chi connectivity index (χ0n) is 18.2. The van der Waals surface area contributed by atoms with Gasteiger partial charge in [-0.05, 0) is 43.2 Å². The van der Waals surface area contributed by atoms with Crippen molar-refractivity contribution in [2.75, 3.05) is 42.6 Å². The molecule has 4 rings (SSSR count). The van der Waals surface area contributed by atoms with Crippen LogP contribution >= 0.6 is 0 Å². The number of anilines is 2. The van der Waals surface area contributed by atoms with E-state index in [1.807, 2.05) is 0 Å². The molecule has 178 valence electrons. The van der Waals surface area contributed by atoms with Crippen molar-refractivity contribution in [2.24, 2.45) is 0 Å². The van der Waals surface area contributed by atoms with E-state index >= 15 is 0 Å². The maximum Gasteiger partial charge on any atom is 0.267 e. The molecule has 1 saturated heterocycles. The number of sulfonamides is 2. The number of amides is 1. The Balaban J connectivity index is 1.62. The molecule has 0 aliphatic carbocycles. The molecule has 2 aliphatic rings. The Kier molecular flexibility index (Phi) is 6.25. The molecular formula is C21H25N3O7S2. The van der Waals surface area contributed by atoms with Crippen LogP contribution < -0.4 is 19.1 Å². The van der Waals surface area contributed by atoms with Gasteiger partial charge in [0.2, 0.25) is 20.0 Å². The summed E-state index contributed by atoms with van der Waals surface area (Å²) < 4.78 is 64.1. The molecule has 0 saturated carbocycles. The number of carbonyl (C=O) groups excluding carboxylic acids is 1. The van der Waals surface area contributed by atoms with Gasteiger partial charge in [-0.1, -0.05) is 12.1 Å². The molecule has 1 unspecified atom stereocenters. The van der Waals surface area contributed by atoms with E-state index in [0.29, 0.717) is 18.8 Å². The topological polar surface area (TPSA) is 122 Å². The van der Waals surface area contributed by atoms with Crippen LogP contribution in [-0.2, 0) is 24.8 Å². The van der Waals surface area contributed by atoms with Crippen molar-refractivity contribution in [3.63, 3.8) is 0 Å². The monoisotopic (exact) mass is 495 g/mol. The van der Waals surface area contributed by atoms with Crippen LogP contribution in [0.5, 0.6) is 11.5 Å². The molecule has 0 radical (unpaired) electrons. The highest BCUT2D eigenvalue weighted by molar-refractivity contribution is 7.92. The average molecular weight is 496 g/mol. The number of hydrogen-bond donors (Lipinski definition) is 1. The SMILES string of the molecule is COc1ccc(S(=O)(=O)N2CCCC2)cc1NC(=O)C1CN(S(C)(=O)=O)c2ccccc2O1. The first-order chi connectivity index (χ1) is 15.6. The van der Waals surface area contributed by atoms with Crippen LogP contribution in [0.4, 0.5) is 11.4 Å². The molecule has 2 aliphatic heterocycles. The van der Waals surface area contributed by atoms with Crippen molar-refractivity contribution in [2.45, 2.75) is 23.8 Å². The molecule has 10 nitrogen and oxygen atoms in total. The van der Waals surface area contributed by atoms with Crippen LogP contribution in [0.1, 0.15) is 12.8 Å². The van der Waals surface area contributed by atoms with Gasteiger partial charge in [0.15, 0.2) is 6.10 Å². The van der Waals surface area contributed by atoms with Crippen LogP contribution in [0, 0.1) is 0 Å². The number of carbonyl (C=O) groups is 1. The number of fused-ring (bicyclic) bond motifs is 1. The third-order valence-electron chi connectivity index (χ3n) is 5.56. The minimum absolute atomic E-state index is 0.0353. The second-order valence-corrected chi connectivity index (χ2v) is 11.7. The van der Waals surface area contributed by atoms with E-state index in [-0.39, 0.29) is 28.6 Å². The molecule has 0 bridgehead atoms. The minimum atomic E-state index is -3.71. The molecule has 2 heterocycles. The molecule has 1 N–H and O–H groups in total. The van der Waals surface area contributed by atoms with E-state index in [1.165, 1.54) is 29.6 Å². The fraction of sp³-hybridized carbons (Fsp3) is 0.381. The maximum atomic E-state index is 13.1. The van der Waals surface area contributed by atoms with Gasteiger partial charge < -0.3 is 14.8 Å². The number of ether oxygens (including phenoxy) is 2. The molecule has 1 amide bonds. The van der Waals surface area contributed by atoms with Crippen molar-refractivity contribution in [3.8, 4) is 11.5 Å². The van der Waals surface area contributed by atoms with E-state index in [9.17, 15) is 21.6 Å². The summed E-state index contributed by atoms with van der Waals surface area (Å²) >= 11 is 0. The van der Waals surface area contributed by atoms with Crippen LogP contribution in [-0.4, -0.2) is 66.2 Å². The largest absolute Gasteiger partial charge is 0.495 e. The van der Waals surface area contributed by atoms with Crippen molar-refractivity contribution in [1.29, 1.82) is 0 Å². The van der Waals surface area contributed by atoms with Gasteiger partial charge in [0.05, 0.1) is 36.2 Å². The number of methoxy groups -OCH3 is 1. The summed E-state index contributed by atoms with van der Waals surface area (Å²) in [6.07, 6.45) is 1.50. The molecule has 1 fully saturated rings. The number of nitrogens with zero attached hydrogens (tertiary/aromatic N) is 2. The summed E-state index contributed by atoms with van der Waals surface area (Å²) in [6, 6.07) is 10.8. The van der Waals surface area contributed by atoms with Crippen molar-refractivity contribution < 1.29 is 31.1 Å². The zero-order chi connectivity index (χ0) is 23.8. The smallest absolute Gasteiger partial charge is 0.267 e. The second kappa shape index (κ2) is 8.84. The number of para-hydroxylation sites is 2. The van der Waals surface area contributed by atoms with Gasteiger partial charge in [0.25, 0.3) is 5.91 Å². The first-order valence-corrected chi connectivity index (χ1v) is 13.6. The van der Waals surface area contributed by atoms with Gasteiger partial charge in [0.1, 0.15) is 11.5 Å². The lowest BCUT2D eigenvalue weighted by atomic mass is 10.2. The van der Waals surface area contributed by atoms with Gasteiger partial charge in [-0.15, -0.1) is 0 Å². The fourth-order valence-corrected chi connectivity index (χ4v) is 6.35. The van der Waals surface area contributed by atoms with Gasteiger partial charge in [0, 0.05) is 13.1 Å². The predicted octanol–water partition coefficient (Wildman–Crippen LogP) is 1.65. The Morgan fingerprint density at radius 1 is 1.09 bits per heavy atom. The van der Waals surface area contributed by atoms with E-state index in [2.05, 4.69) is 5.32 Å². The van der Waals surface area contributed by atoms with Crippen LogP contribution in [0.15, 0.2) is 47.4 Å². The zero-order valence-corrected chi connectivity index (χ0v) is 19.9. The highest BCUT2D eigenvalue weighted by Crippen LogP contribution is 2.35. The van der Waals surface area contributed by atoms with E-state index < -0.39 is 32.1 Å². The Hall–Kier alpha value is -2.83. The lowest BCUT2D eigenvalue weighted by Crippen LogP contribution is -2.48. The lowest BCUT2D eigenvalue weighted by Gasteiger charge is -2.33. The fourth-order valence-electron chi connectivity index (χ4n) is 3.89. The Bertz CT molecular complexity index is 1270. The van der Waals surface area contributed by atoms with Gasteiger partial charge >= 0.3 is 0 Å². The third kappa shape index (κ3) is 4.63. The summed E-state index contributed by atoms with van der Waals surface area (Å²) in [5.74, 6) is -0.112. The normalized spacial score (nSPS) is 19.0. The average Bonchev–Trinajstić information content (AvgIpc) is 3.33. The molecule has 1 atom stereocenters. The number of benzene rings is 2. The van der Waals surface area contributed by atoms with Crippen molar-refractivity contribution in [1.82, 2.24) is 4.31 Å². The van der Waals surface area contributed by atoms with Gasteiger partial charge in [-0.3, -0.25) is 9.10 Å². The van der Waals surface area contributed by atoms with E-state index in [0.717, 1.165) is 23.4 Å². The number of hydrogen-bond acceptors (Lipinski definition) is 7. The number of rotatable bonds is 6. The van der Waals surface area contributed by atoms with E-state index in [1.54, 1.807) is 24.3 Å². The maximum absolute atomic E-state index is 13.1. The Morgan fingerprint density at radius 2 is 1.79 bits per heavy atom. The van der Waals surface area contributed by atoms with Crippen molar-refractivity contribution in [3.05, 3.63) is 42.5 Å². The molecule has 33 heavy (non-hydrogen) atoms. The summed E-state index contributed by atoms with van der Waals surface area (Å²) in [6.45, 7) is 0.676. The molecular weight excluding hydrogens is 470 g/mol. The molecule has 2 aromatic carbocycles. The van der Waals surface area contributed by atoms with Gasteiger partial charge in [-0.2, -0.15) is 4.31 Å². The van der Waals surface area contributed by atoms with Crippen LogP contribution in [0.3, 0.4) is 0 Å². The minimum Gasteiger partial charge on any atom is -0.495 e. The van der Waals surface area contributed by atoms with Gasteiger partial charge in [-0.25, -0.2) is 16.8 Å². The number of nitrogens with one attached hydrogen (secondary N) is 1. The second-order valence-electron chi connectivity index (χ2n) is 7.83. The summed E-state index contributed by atoms with van der Waals surface area (Å²) in [4.78, 5) is 13.1. The molecule has 12 heteroatoms.